The van der Waals surface area contributed by atoms with Crippen LogP contribution in [0.4, 0.5) is 0 Å². The number of amides is 1. The van der Waals surface area contributed by atoms with E-state index in [1.54, 1.807) is 11.8 Å². The van der Waals surface area contributed by atoms with E-state index in [1.165, 1.54) is 18.2 Å². The van der Waals surface area contributed by atoms with Gasteiger partial charge in [0.25, 0.3) is 0 Å². The first-order valence-electron chi connectivity index (χ1n) is 8.89. The Morgan fingerprint density at radius 1 is 1.12 bits per heavy atom. The average Bonchev–Trinajstić information content (AvgIpc) is 2.58. The van der Waals surface area contributed by atoms with Crippen LogP contribution >= 0.6 is 0 Å². The second kappa shape index (κ2) is 10.9. The van der Waals surface area contributed by atoms with Crippen molar-refractivity contribution in [2.45, 2.75) is 33.1 Å². The van der Waals surface area contributed by atoms with Crippen molar-refractivity contribution in [2.24, 2.45) is 5.92 Å². The summed E-state index contributed by atoms with van der Waals surface area (Å²) in [4.78, 5) is 28.1. The lowest BCUT2D eigenvalue weighted by Gasteiger charge is -2.26. The number of nitrogens with zero attached hydrogens (tertiary/aromatic N) is 2. The fourth-order valence-electron chi connectivity index (χ4n) is 2.60. The summed E-state index contributed by atoms with van der Waals surface area (Å²) >= 11 is 0. The molecule has 1 amide bonds. The van der Waals surface area contributed by atoms with E-state index in [0.29, 0.717) is 19.5 Å². The Morgan fingerprint density at radius 2 is 1.76 bits per heavy atom. The van der Waals surface area contributed by atoms with Crippen LogP contribution in [0.3, 0.4) is 0 Å². The zero-order chi connectivity index (χ0) is 18.8. The first-order chi connectivity index (χ1) is 11.8. The molecule has 0 aliphatic carbocycles. The maximum Gasteiger partial charge on any atom is 0.310 e. The van der Waals surface area contributed by atoms with Gasteiger partial charge in [-0.15, -0.1) is 0 Å². The normalized spacial score (nSPS) is 12.1. The van der Waals surface area contributed by atoms with Crippen molar-refractivity contribution in [3.63, 3.8) is 0 Å². The minimum absolute atomic E-state index is 0.102. The topological polar surface area (TPSA) is 49.9 Å². The van der Waals surface area contributed by atoms with Gasteiger partial charge in [0, 0.05) is 26.1 Å². The Morgan fingerprint density at radius 3 is 2.32 bits per heavy atom. The maximum atomic E-state index is 12.6. The van der Waals surface area contributed by atoms with Gasteiger partial charge in [0.1, 0.15) is 0 Å². The lowest BCUT2D eigenvalue weighted by Crippen LogP contribution is -2.41. The predicted octanol–water partition coefficient (Wildman–Crippen LogP) is 2.52. The summed E-state index contributed by atoms with van der Waals surface area (Å²) < 4.78 is 4.78. The molecular weight excluding hydrogens is 316 g/mol. The predicted molar refractivity (Wildman–Crippen MR) is 100 cm³/mol. The molecule has 140 valence electrons. The third kappa shape index (κ3) is 8.16. The molecule has 5 heteroatoms. The van der Waals surface area contributed by atoms with Crippen molar-refractivity contribution in [2.75, 3.05) is 40.8 Å². The summed E-state index contributed by atoms with van der Waals surface area (Å²) in [6.45, 7) is 5.67. The van der Waals surface area contributed by atoms with E-state index in [2.05, 4.69) is 31.2 Å². The van der Waals surface area contributed by atoms with Crippen molar-refractivity contribution < 1.29 is 14.3 Å². The Labute approximate surface area is 151 Å². The molecule has 5 nitrogen and oxygen atoms in total. The number of ether oxygens (including phenoxy) is 1. The zero-order valence-corrected chi connectivity index (χ0v) is 16.2. The number of methoxy groups -OCH3 is 1. The van der Waals surface area contributed by atoms with E-state index < -0.39 is 0 Å². The number of hydrogen-bond donors (Lipinski definition) is 0. The first-order valence-corrected chi connectivity index (χ1v) is 8.89. The average molecular weight is 348 g/mol. The van der Waals surface area contributed by atoms with E-state index in [1.807, 2.05) is 19.0 Å². The smallest absolute Gasteiger partial charge is 0.310 e. The molecule has 1 aromatic carbocycles. The van der Waals surface area contributed by atoms with Crippen LogP contribution in [0.2, 0.25) is 0 Å². The van der Waals surface area contributed by atoms with Gasteiger partial charge >= 0.3 is 5.97 Å². The third-order valence-corrected chi connectivity index (χ3v) is 4.24. The lowest BCUT2D eigenvalue weighted by molar-refractivity contribution is -0.146. The van der Waals surface area contributed by atoms with Gasteiger partial charge in [-0.3, -0.25) is 9.59 Å². The molecule has 0 heterocycles. The molecule has 1 unspecified atom stereocenters. The standard InChI is InChI=1S/C20H32N2O3/c1-16-9-11-18(12-10-16)7-6-8-19(23)22(14-13-21(3)4)15-17(2)20(24)25-5/h9-12,17H,6-8,13-15H2,1-5H3. The summed E-state index contributed by atoms with van der Waals surface area (Å²) in [6, 6.07) is 8.42. The minimum atomic E-state index is -0.312. The van der Waals surface area contributed by atoms with Gasteiger partial charge in [-0.1, -0.05) is 36.8 Å². The SMILES string of the molecule is COC(=O)C(C)CN(CCN(C)C)C(=O)CCCc1ccc(C)cc1. The summed E-state index contributed by atoms with van der Waals surface area (Å²) in [5, 5.41) is 0. The Bertz CT molecular complexity index is 540. The zero-order valence-electron chi connectivity index (χ0n) is 16.2. The summed E-state index contributed by atoms with van der Waals surface area (Å²) in [5.41, 5.74) is 2.49. The number of benzene rings is 1. The largest absolute Gasteiger partial charge is 0.469 e. The van der Waals surface area contributed by atoms with Crippen LogP contribution in [0.15, 0.2) is 24.3 Å². The van der Waals surface area contributed by atoms with Gasteiger partial charge in [0.05, 0.1) is 13.0 Å². The molecule has 0 bridgehead atoms. The van der Waals surface area contributed by atoms with Crippen LogP contribution < -0.4 is 0 Å². The molecule has 0 aliphatic rings. The Hall–Kier alpha value is -1.88. The second-order valence-corrected chi connectivity index (χ2v) is 6.91. The van der Waals surface area contributed by atoms with Gasteiger partial charge in [-0.05, 0) is 39.4 Å². The molecule has 0 radical (unpaired) electrons. The van der Waals surface area contributed by atoms with Crippen LogP contribution in [-0.2, 0) is 20.7 Å². The second-order valence-electron chi connectivity index (χ2n) is 6.91. The van der Waals surface area contributed by atoms with Crippen molar-refractivity contribution >= 4 is 11.9 Å². The van der Waals surface area contributed by atoms with E-state index in [4.69, 9.17) is 4.74 Å². The summed E-state index contributed by atoms with van der Waals surface area (Å²) in [7, 11) is 5.33. The van der Waals surface area contributed by atoms with Crippen molar-refractivity contribution in [1.82, 2.24) is 9.80 Å². The quantitative estimate of drug-likeness (QED) is 0.610. The number of esters is 1. The number of carbonyl (C=O) groups excluding carboxylic acids is 2. The van der Waals surface area contributed by atoms with Crippen LogP contribution in [0.1, 0.15) is 30.9 Å². The number of likely N-dealkylation sites (N-methyl/N-ethyl adjacent to an activating group) is 1. The van der Waals surface area contributed by atoms with Crippen molar-refractivity contribution in [3.8, 4) is 0 Å². The number of carbonyl (C=O) groups is 2. The van der Waals surface area contributed by atoms with E-state index in [0.717, 1.165) is 19.4 Å². The van der Waals surface area contributed by atoms with E-state index in [9.17, 15) is 9.59 Å². The minimum Gasteiger partial charge on any atom is -0.469 e. The van der Waals surface area contributed by atoms with Crippen molar-refractivity contribution in [3.05, 3.63) is 35.4 Å². The molecule has 0 spiro atoms. The highest BCUT2D eigenvalue weighted by Gasteiger charge is 2.21. The molecule has 1 aromatic rings. The van der Waals surface area contributed by atoms with Crippen LogP contribution in [0.25, 0.3) is 0 Å². The maximum absolute atomic E-state index is 12.6. The number of hydrogen-bond acceptors (Lipinski definition) is 4. The number of aryl methyl sites for hydroxylation is 2. The molecule has 0 aliphatic heterocycles. The Kier molecular flexibility index (Phi) is 9.21. The highest BCUT2D eigenvalue weighted by Crippen LogP contribution is 2.10. The van der Waals surface area contributed by atoms with E-state index >= 15 is 0 Å². The lowest BCUT2D eigenvalue weighted by atomic mass is 10.1. The van der Waals surface area contributed by atoms with Gasteiger partial charge in [0.15, 0.2) is 0 Å². The molecule has 0 saturated heterocycles. The van der Waals surface area contributed by atoms with Gasteiger partial charge in [0.2, 0.25) is 5.91 Å². The summed E-state index contributed by atoms with van der Waals surface area (Å²) in [6.07, 6.45) is 2.20. The fourth-order valence-corrected chi connectivity index (χ4v) is 2.60. The van der Waals surface area contributed by atoms with E-state index in [-0.39, 0.29) is 17.8 Å². The molecule has 0 aromatic heterocycles. The van der Waals surface area contributed by atoms with Crippen LogP contribution in [-0.4, -0.2) is 62.5 Å². The monoisotopic (exact) mass is 348 g/mol. The van der Waals surface area contributed by atoms with Crippen LogP contribution in [0, 0.1) is 12.8 Å². The fraction of sp³-hybridized carbons (Fsp3) is 0.600. The number of rotatable bonds is 10. The van der Waals surface area contributed by atoms with Crippen molar-refractivity contribution in [1.29, 1.82) is 0 Å². The molecular formula is C20H32N2O3. The molecule has 0 saturated carbocycles. The highest BCUT2D eigenvalue weighted by molar-refractivity contribution is 5.78. The van der Waals surface area contributed by atoms with Gasteiger partial charge < -0.3 is 14.5 Å². The van der Waals surface area contributed by atoms with Gasteiger partial charge in [-0.25, -0.2) is 0 Å². The first kappa shape index (κ1) is 21.2. The van der Waals surface area contributed by atoms with Gasteiger partial charge in [-0.2, -0.15) is 0 Å². The summed E-state index contributed by atoms with van der Waals surface area (Å²) in [5.74, 6) is -0.486. The molecule has 0 N–H and O–H groups in total. The Balaban J connectivity index is 2.55. The van der Waals surface area contributed by atoms with Crippen LogP contribution in [0.5, 0.6) is 0 Å². The highest BCUT2D eigenvalue weighted by atomic mass is 16.5. The molecule has 0 fully saturated rings. The molecule has 25 heavy (non-hydrogen) atoms. The molecule has 1 atom stereocenters. The molecule has 1 rings (SSSR count). The third-order valence-electron chi connectivity index (χ3n) is 4.24.